The summed E-state index contributed by atoms with van der Waals surface area (Å²) >= 11 is 10.5. The fourth-order valence-electron chi connectivity index (χ4n) is 0.207. The van der Waals surface area contributed by atoms with Crippen LogP contribution in [-0.4, -0.2) is 0 Å². The van der Waals surface area contributed by atoms with E-state index < -0.39 is 0 Å². The molecule has 7 heavy (non-hydrogen) atoms. The Morgan fingerprint density at radius 1 is 1.57 bits per heavy atom. The Labute approximate surface area is 54.1 Å². The Hall–Kier alpha value is 0.320. The van der Waals surface area contributed by atoms with Crippen LogP contribution < -0.4 is 0 Å². The first-order chi connectivity index (χ1) is 3.27. The summed E-state index contributed by atoms with van der Waals surface area (Å²) in [6.07, 6.45) is 4.57. The molecule has 0 N–H and O–H groups in total. The van der Waals surface area contributed by atoms with E-state index in [4.69, 9.17) is 23.2 Å². The maximum atomic E-state index is 5.26. The smallest absolute Gasteiger partial charge is 0.0712 e. The third-order valence-electron chi connectivity index (χ3n) is 0.508. The topological polar surface area (TPSA) is 0 Å². The van der Waals surface area contributed by atoms with Crippen molar-refractivity contribution in [3.8, 4) is 0 Å². The summed E-state index contributed by atoms with van der Waals surface area (Å²) in [5, 5.41) is 0. The molecule has 0 amide bonds. The lowest BCUT2D eigenvalue weighted by molar-refractivity contribution is 1.21. The average Bonchev–Trinajstić information content (AvgIpc) is 1.61. The number of halogens is 2. The maximum Gasteiger partial charge on any atom is 0.102 e. The van der Waals surface area contributed by atoms with E-state index >= 15 is 0 Å². The van der Waals surface area contributed by atoms with Crippen LogP contribution in [0.5, 0.6) is 0 Å². The van der Waals surface area contributed by atoms with Crippen molar-refractivity contribution in [3.63, 3.8) is 0 Å². The molecule has 0 unspecified atom stereocenters. The third-order valence-corrected chi connectivity index (χ3v) is 0.816. The summed E-state index contributed by atoms with van der Waals surface area (Å²) < 4.78 is 0.345. The highest BCUT2D eigenvalue weighted by atomic mass is 35.5. The first-order valence-corrected chi connectivity index (χ1v) is 2.82. The Bertz CT molecular complexity index is 62.5. The second-order valence-corrected chi connectivity index (χ2v) is 2.15. The number of rotatable bonds is 2. The molecule has 0 aromatic carbocycles. The Morgan fingerprint density at radius 2 is 2.14 bits per heavy atom. The summed E-state index contributed by atoms with van der Waals surface area (Å²) in [7, 11) is 0. The molecule has 2 heteroatoms. The van der Waals surface area contributed by atoms with E-state index in [9.17, 15) is 0 Å². The Morgan fingerprint density at radius 3 is 2.29 bits per heavy atom. The quantitative estimate of drug-likeness (QED) is 0.550. The minimum atomic E-state index is 0.345. The highest BCUT2D eigenvalue weighted by Gasteiger charge is 1.78. The van der Waals surface area contributed by atoms with Crippen molar-refractivity contribution in [2.75, 3.05) is 0 Å². The van der Waals surface area contributed by atoms with Crippen LogP contribution in [0.15, 0.2) is 10.6 Å². The monoisotopic (exact) mass is 137 g/mol. The minimum Gasteiger partial charge on any atom is -0.0712 e. The van der Waals surface area contributed by atoms with Crippen molar-refractivity contribution in [2.45, 2.75) is 13.3 Å². The highest BCUT2D eigenvalue weighted by molar-refractivity contribution is 6.55. The predicted octanol–water partition coefficient (Wildman–Crippen LogP) is 2.92. The van der Waals surface area contributed by atoms with E-state index in [0.29, 0.717) is 4.49 Å². The van der Waals surface area contributed by atoms with Gasteiger partial charge in [-0.1, -0.05) is 36.2 Å². The third kappa shape index (κ3) is 6.32. The molecule has 0 aromatic rings. The lowest BCUT2D eigenvalue weighted by Gasteiger charge is -1.80. The van der Waals surface area contributed by atoms with Crippen molar-refractivity contribution in [2.24, 2.45) is 0 Å². The van der Waals surface area contributed by atoms with Crippen LogP contribution in [0.4, 0.5) is 0 Å². The molecule has 0 nitrogen and oxygen atoms in total. The molecule has 0 saturated heterocycles. The van der Waals surface area contributed by atoms with Gasteiger partial charge in [-0.15, -0.1) is 0 Å². The molecule has 0 aliphatic heterocycles. The zero-order valence-electron chi connectivity index (χ0n) is 4.12. The number of unbranched alkanes of at least 4 members (excludes halogenated alkanes) is 1. The second-order valence-electron chi connectivity index (χ2n) is 1.14. The maximum absolute atomic E-state index is 5.26. The first kappa shape index (κ1) is 7.32. The van der Waals surface area contributed by atoms with Crippen molar-refractivity contribution >= 4 is 23.2 Å². The van der Waals surface area contributed by atoms with Gasteiger partial charge in [-0.2, -0.15) is 0 Å². The summed E-state index contributed by atoms with van der Waals surface area (Å²) in [4.78, 5) is 0. The van der Waals surface area contributed by atoms with Gasteiger partial charge in [-0.05, 0) is 12.8 Å². The van der Waals surface area contributed by atoms with Crippen LogP contribution in [0.3, 0.4) is 0 Å². The Balaban J connectivity index is 3.08. The van der Waals surface area contributed by atoms with Gasteiger partial charge in [0.15, 0.2) is 0 Å². The molecule has 0 aliphatic carbocycles. The zero-order chi connectivity index (χ0) is 5.70. The largest absolute Gasteiger partial charge is 0.102 e. The van der Waals surface area contributed by atoms with E-state index in [2.05, 4.69) is 0 Å². The summed E-state index contributed by atoms with van der Waals surface area (Å²) in [6, 6.07) is 0. The molecule has 0 aromatic heterocycles. The van der Waals surface area contributed by atoms with E-state index in [1.165, 1.54) is 0 Å². The lowest BCUT2D eigenvalue weighted by atomic mass is 10.3. The molecule has 0 atom stereocenters. The van der Waals surface area contributed by atoms with E-state index in [0.717, 1.165) is 6.42 Å². The van der Waals surface area contributed by atoms with Crippen molar-refractivity contribution in [3.05, 3.63) is 17.0 Å². The number of hydrogen-bond donors (Lipinski definition) is 0. The molecule has 0 aliphatic rings. The van der Waals surface area contributed by atoms with Gasteiger partial charge in [0.1, 0.15) is 4.49 Å². The number of hydrogen-bond acceptors (Lipinski definition) is 0. The van der Waals surface area contributed by atoms with Gasteiger partial charge >= 0.3 is 0 Å². The minimum absolute atomic E-state index is 0.345. The molecular weight excluding hydrogens is 131 g/mol. The van der Waals surface area contributed by atoms with Gasteiger partial charge < -0.3 is 0 Å². The normalized spacial score (nSPS) is 8.43. The van der Waals surface area contributed by atoms with Gasteiger partial charge in [0.2, 0.25) is 0 Å². The van der Waals surface area contributed by atoms with Crippen LogP contribution in [0.25, 0.3) is 0 Å². The fraction of sp³-hybridized carbons (Fsp3) is 0.400. The molecule has 0 bridgehead atoms. The summed E-state index contributed by atoms with van der Waals surface area (Å²) in [5.41, 5.74) is 0. The Kier molecular flexibility index (Phi) is 4.68. The fourth-order valence-corrected chi connectivity index (χ4v) is 0.385. The molecular formula is C5H7Cl2. The molecule has 0 saturated carbocycles. The molecule has 0 rings (SSSR count). The van der Waals surface area contributed by atoms with Gasteiger partial charge in [-0.25, -0.2) is 0 Å². The summed E-state index contributed by atoms with van der Waals surface area (Å²) in [6.45, 7) is 1.95. The summed E-state index contributed by atoms with van der Waals surface area (Å²) in [5.74, 6) is 0. The lowest BCUT2D eigenvalue weighted by Crippen LogP contribution is -1.60. The van der Waals surface area contributed by atoms with E-state index in [1.807, 2.05) is 13.3 Å². The van der Waals surface area contributed by atoms with Crippen LogP contribution in [0, 0.1) is 6.42 Å². The highest BCUT2D eigenvalue weighted by Crippen LogP contribution is 2.07. The standard InChI is InChI=1S/C5H7Cl2/c1-2-3-4-5(6)7/h2,4H,3H2,1H3. The van der Waals surface area contributed by atoms with E-state index in [-0.39, 0.29) is 0 Å². The number of allylic oxidation sites excluding steroid dienone is 1. The molecule has 0 fully saturated rings. The molecule has 41 valence electrons. The van der Waals surface area contributed by atoms with Crippen LogP contribution in [0.1, 0.15) is 13.3 Å². The van der Waals surface area contributed by atoms with Crippen molar-refractivity contribution in [1.82, 2.24) is 0 Å². The average molecular weight is 138 g/mol. The van der Waals surface area contributed by atoms with Crippen LogP contribution in [0.2, 0.25) is 0 Å². The molecule has 0 spiro atoms. The molecule has 1 radical (unpaired) electrons. The van der Waals surface area contributed by atoms with Gasteiger partial charge in [0.05, 0.1) is 0 Å². The van der Waals surface area contributed by atoms with Gasteiger partial charge in [-0.3, -0.25) is 0 Å². The molecule has 0 heterocycles. The van der Waals surface area contributed by atoms with Crippen LogP contribution >= 0.6 is 23.2 Å². The van der Waals surface area contributed by atoms with Crippen molar-refractivity contribution < 1.29 is 0 Å². The van der Waals surface area contributed by atoms with Crippen molar-refractivity contribution in [1.29, 1.82) is 0 Å². The SMILES string of the molecule is C[CH]CC=C(Cl)Cl. The van der Waals surface area contributed by atoms with Crippen LogP contribution in [-0.2, 0) is 0 Å². The predicted molar refractivity (Wildman–Crippen MR) is 34.4 cm³/mol. The van der Waals surface area contributed by atoms with Gasteiger partial charge in [0.25, 0.3) is 0 Å². The second kappa shape index (κ2) is 4.48. The van der Waals surface area contributed by atoms with E-state index in [1.54, 1.807) is 6.08 Å². The first-order valence-electron chi connectivity index (χ1n) is 2.06. The zero-order valence-corrected chi connectivity index (χ0v) is 5.63. The van der Waals surface area contributed by atoms with Gasteiger partial charge in [0, 0.05) is 0 Å².